The van der Waals surface area contributed by atoms with Gasteiger partial charge in [-0.2, -0.15) is 0 Å². The molecule has 1 aliphatic rings. The monoisotopic (exact) mass is 292 g/mol. The van der Waals surface area contributed by atoms with Crippen LogP contribution in [0.25, 0.3) is 0 Å². The Hall–Kier alpha value is -1.59. The van der Waals surface area contributed by atoms with Gasteiger partial charge in [-0.1, -0.05) is 6.07 Å². The average Bonchev–Trinajstić information content (AvgIpc) is 2.84. The summed E-state index contributed by atoms with van der Waals surface area (Å²) < 4.78 is 5.09. The van der Waals surface area contributed by atoms with Crippen molar-refractivity contribution < 1.29 is 14.6 Å². The van der Waals surface area contributed by atoms with Crippen LogP contribution in [0.2, 0.25) is 0 Å². The lowest BCUT2D eigenvalue weighted by atomic mass is 10.1. The lowest BCUT2D eigenvalue weighted by Crippen LogP contribution is -2.36. The molecule has 1 aromatic carbocycles. The molecule has 1 fully saturated rings. The molecule has 1 atom stereocenters. The highest BCUT2D eigenvalue weighted by Gasteiger charge is 2.22. The molecule has 0 aliphatic carbocycles. The molecule has 0 spiro atoms. The second-order valence-corrected chi connectivity index (χ2v) is 5.81. The maximum Gasteiger partial charge on any atom is 0.339 e. The summed E-state index contributed by atoms with van der Waals surface area (Å²) in [5.41, 5.74) is 1.22. The predicted octanol–water partition coefficient (Wildman–Crippen LogP) is 1.92. The van der Waals surface area contributed by atoms with Crippen LogP contribution in [0.4, 0.5) is 0 Å². The minimum Gasteiger partial charge on any atom is -0.496 e. The standard InChI is InChI=1S/C16H24N2O3/c1-17(11-13-5-4-8-18(13)2)10-12-6-7-15(21-3)14(9-12)16(19)20/h6-7,9,13H,4-5,8,10-11H2,1-3H3,(H,19,20). The van der Waals surface area contributed by atoms with E-state index >= 15 is 0 Å². The van der Waals surface area contributed by atoms with Gasteiger partial charge in [-0.05, 0) is 51.2 Å². The second kappa shape index (κ2) is 6.91. The van der Waals surface area contributed by atoms with Gasteiger partial charge in [-0.3, -0.25) is 0 Å². The molecule has 1 heterocycles. The van der Waals surface area contributed by atoms with Crippen LogP contribution >= 0.6 is 0 Å². The quantitative estimate of drug-likeness (QED) is 0.868. The molecule has 1 unspecified atom stereocenters. The van der Waals surface area contributed by atoms with E-state index in [-0.39, 0.29) is 5.56 Å². The topological polar surface area (TPSA) is 53.0 Å². The average molecular weight is 292 g/mol. The van der Waals surface area contributed by atoms with E-state index in [0.717, 1.165) is 18.7 Å². The second-order valence-electron chi connectivity index (χ2n) is 5.81. The number of hydrogen-bond donors (Lipinski definition) is 1. The summed E-state index contributed by atoms with van der Waals surface area (Å²) >= 11 is 0. The third-order valence-corrected chi connectivity index (χ3v) is 4.14. The Morgan fingerprint density at radius 3 is 2.86 bits per heavy atom. The van der Waals surface area contributed by atoms with E-state index in [9.17, 15) is 9.90 Å². The molecule has 0 bridgehead atoms. The van der Waals surface area contributed by atoms with E-state index in [1.54, 1.807) is 12.1 Å². The van der Waals surface area contributed by atoms with E-state index in [1.807, 2.05) is 6.07 Å². The lowest BCUT2D eigenvalue weighted by Gasteiger charge is -2.26. The number of likely N-dealkylation sites (N-methyl/N-ethyl adjacent to an activating group) is 2. The molecule has 2 rings (SSSR count). The van der Waals surface area contributed by atoms with Gasteiger partial charge in [-0.25, -0.2) is 4.79 Å². The number of carboxylic acids is 1. The van der Waals surface area contributed by atoms with Gasteiger partial charge in [0.15, 0.2) is 0 Å². The SMILES string of the molecule is COc1ccc(CN(C)CC2CCCN2C)cc1C(=O)O. The first-order valence-corrected chi connectivity index (χ1v) is 7.30. The largest absolute Gasteiger partial charge is 0.496 e. The van der Waals surface area contributed by atoms with Gasteiger partial charge < -0.3 is 19.6 Å². The molecular formula is C16H24N2O3. The van der Waals surface area contributed by atoms with Crippen molar-refractivity contribution in [1.29, 1.82) is 0 Å². The fourth-order valence-electron chi connectivity index (χ4n) is 2.97. The molecule has 0 saturated carbocycles. The number of carboxylic acid groups (broad SMARTS) is 1. The highest BCUT2D eigenvalue weighted by atomic mass is 16.5. The van der Waals surface area contributed by atoms with E-state index < -0.39 is 5.97 Å². The first kappa shape index (κ1) is 15.8. The number of methoxy groups -OCH3 is 1. The Kier molecular flexibility index (Phi) is 5.20. The molecule has 1 saturated heterocycles. The number of hydrogen-bond acceptors (Lipinski definition) is 4. The molecule has 1 aliphatic heterocycles. The van der Waals surface area contributed by atoms with Crippen LogP contribution < -0.4 is 4.74 Å². The van der Waals surface area contributed by atoms with Crippen LogP contribution in [0.5, 0.6) is 5.75 Å². The van der Waals surface area contributed by atoms with Gasteiger partial charge in [0.2, 0.25) is 0 Å². The molecule has 0 radical (unpaired) electrons. The van der Waals surface area contributed by atoms with Crippen LogP contribution in [0.3, 0.4) is 0 Å². The Bertz CT molecular complexity index is 504. The predicted molar refractivity (Wildman–Crippen MR) is 81.9 cm³/mol. The zero-order chi connectivity index (χ0) is 15.4. The summed E-state index contributed by atoms with van der Waals surface area (Å²) in [5.74, 6) is -0.545. The van der Waals surface area contributed by atoms with Crippen molar-refractivity contribution in [2.75, 3.05) is 34.3 Å². The van der Waals surface area contributed by atoms with Gasteiger partial charge in [-0.15, -0.1) is 0 Å². The van der Waals surface area contributed by atoms with Crippen molar-refractivity contribution in [3.8, 4) is 5.75 Å². The molecule has 5 nitrogen and oxygen atoms in total. The van der Waals surface area contributed by atoms with Crippen molar-refractivity contribution in [3.63, 3.8) is 0 Å². The van der Waals surface area contributed by atoms with Crippen LogP contribution in [-0.4, -0.2) is 61.2 Å². The van der Waals surface area contributed by atoms with Gasteiger partial charge in [0.25, 0.3) is 0 Å². The normalized spacial score (nSPS) is 19.1. The van der Waals surface area contributed by atoms with Gasteiger partial charge in [0.1, 0.15) is 11.3 Å². The first-order valence-electron chi connectivity index (χ1n) is 7.30. The fourth-order valence-corrected chi connectivity index (χ4v) is 2.97. The molecule has 1 aromatic rings. The zero-order valence-electron chi connectivity index (χ0n) is 13.0. The zero-order valence-corrected chi connectivity index (χ0v) is 13.0. The first-order chi connectivity index (χ1) is 10.0. The smallest absolute Gasteiger partial charge is 0.339 e. The minimum absolute atomic E-state index is 0.224. The van der Waals surface area contributed by atoms with E-state index in [0.29, 0.717) is 11.8 Å². The highest BCUT2D eigenvalue weighted by Crippen LogP contribution is 2.21. The van der Waals surface area contributed by atoms with Crippen LogP contribution in [0.15, 0.2) is 18.2 Å². The number of likely N-dealkylation sites (tertiary alicyclic amines) is 1. The van der Waals surface area contributed by atoms with Gasteiger partial charge in [0, 0.05) is 19.1 Å². The van der Waals surface area contributed by atoms with Gasteiger partial charge in [0.05, 0.1) is 7.11 Å². The molecule has 0 amide bonds. The fraction of sp³-hybridized carbons (Fsp3) is 0.562. The summed E-state index contributed by atoms with van der Waals surface area (Å²) in [6.45, 7) is 2.92. The number of benzene rings is 1. The molecule has 116 valence electrons. The minimum atomic E-state index is -0.952. The summed E-state index contributed by atoms with van der Waals surface area (Å²) in [5, 5.41) is 9.22. The van der Waals surface area contributed by atoms with Crippen molar-refractivity contribution in [1.82, 2.24) is 9.80 Å². The highest BCUT2D eigenvalue weighted by molar-refractivity contribution is 5.91. The maximum absolute atomic E-state index is 11.2. The molecule has 21 heavy (non-hydrogen) atoms. The summed E-state index contributed by atoms with van der Waals surface area (Å²) in [7, 11) is 5.74. The van der Waals surface area contributed by atoms with E-state index in [1.165, 1.54) is 26.5 Å². The molecular weight excluding hydrogens is 268 g/mol. The summed E-state index contributed by atoms with van der Waals surface area (Å²) in [4.78, 5) is 15.9. The number of carbonyl (C=O) groups is 1. The number of rotatable bonds is 6. The van der Waals surface area contributed by atoms with Crippen molar-refractivity contribution in [2.24, 2.45) is 0 Å². The lowest BCUT2D eigenvalue weighted by molar-refractivity contribution is 0.0693. The van der Waals surface area contributed by atoms with E-state index in [4.69, 9.17) is 4.74 Å². The maximum atomic E-state index is 11.2. The molecule has 1 N–H and O–H groups in total. The Labute approximate surface area is 126 Å². The van der Waals surface area contributed by atoms with Crippen LogP contribution in [-0.2, 0) is 6.54 Å². The van der Waals surface area contributed by atoms with E-state index in [2.05, 4.69) is 23.9 Å². The summed E-state index contributed by atoms with van der Waals surface area (Å²) in [6, 6.07) is 5.97. The molecule has 5 heteroatoms. The Balaban J connectivity index is 2.01. The van der Waals surface area contributed by atoms with Gasteiger partial charge >= 0.3 is 5.97 Å². The Morgan fingerprint density at radius 2 is 2.29 bits per heavy atom. The van der Waals surface area contributed by atoms with Crippen molar-refractivity contribution in [2.45, 2.75) is 25.4 Å². The summed E-state index contributed by atoms with van der Waals surface area (Å²) in [6.07, 6.45) is 2.50. The third kappa shape index (κ3) is 3.95. The van der Waals surface area contributed by atoms with Crippen molar-refractivity contribution >= 4 is 5.97 Å². The Morgan fingerprint density at radius 1 is 1.52 bits per heavy atom. The number of ether oxygens (including phenoxy) is 1. The third-order valence-electron chi connectivity index (χ3n) is 4.14. The molecule has 0 aromatic heterocycles. The van der Waals surface area contributed by atoms with Crippen LogP contribution in [0.1, 0.15) is 28.8 Å². The van der Waals surface area contributed by atoms with Crippen molar-refractivity contribution in [3.05, 3.63) is 29.3 Å². The van der Waals surface area contributed by atoms with Crippen LogP contribution in [0, 0.1) is 0 Å². The number of aromatic carboxylic acids is 1. The number of nitrogens with zero attached hydrogens (tertiary/aromatic N) is 2.